The molecular formula is C20H24B4O9S. The van der Waals surface area contributed by atoms with Crippen molar-refractivity contribution in [2.24, 2.45) is 0 Å². The summed E-state index contributed by atoms with van der Waals surface area (Å²) >= 11 is 0. The van der Waals surface area contributed by atoms with E-state index in [1.54, 1.807) is 7.85 Å². The minimum Gasteiger partial charge on any atom is -0.478 e. The second kappa shape index (κ2) is 11.4. The van der Waals surface area contributed by atoms with Crippen molar-refractivity contribution in [1.29, 1.82) is 0 Å². The van der Waals surface area contributed by atoms with E-state index in [0.29, 0.717) is 30.0 Å². The zero-order valence-electron chi connectivity index (χ0n) is 19.5. The Kier molecular flexibility index (Phi) is 9.17. The topological polar surface area (TPSA) is 144 Å². The molecule has 0 aliphatic carbocycles. The summed E-state index contributed by atoms with van der Waals surface area (Å²) in [5, 5.41) is 9.87. The van der Waals surface area contributed by atoms with Crippen LogP contribution in [0, 0.1) is 0 Å². The van der Waals surface area contributed by atoms with Gasteiger partial charge in [-0.25, -0.2) is 14.4 Å². The highest BCUT2D eigenvalue weighted by Crippen LogP contribution is 2.25. The lowest BCUT2D eigenvalue weighted by Crippen LogP contribution is -2.30. The summed E-state index contributed by atoms with van der Waals surface area (Å²) in [5.41, 5.74) is 3.08. The standard InChI is InChI=1S/C20H24B4O9S/c21-7-12-13(8-22)15(16(18(25)26)17(24)14(12)9-23)20(28)33-11-3-1-10(2-4-11)19(27)32-5-6-34(29,30)31/h1-4H,5-9,21-24H2,(H,25,26)(H,29,30,31). The molecule has 0 saturated carbocycles. The van der Waals surface area contributed by atoms with Gasteiger partial charge in [0.1, 0.15) is 49.5 Å². The van der Waals surface area contributed by atoms with E-state index in [9.17, 15) is 27.9 Å². The smallest absolute Gasteiger partial charge is 0.344 e. The summed E-state index contributed by atoms with van der Waals surface area (Å²) in [5.74, 6) is -3.47. The second-order valence-corrected chi connectivity index (χ2v) is 9.08. The maximum Gasteiger partial charge on any atom is 0.344 e. The Morgan fingerprint density at radius 3 is 1.88 bits per heavy atom. The Hall–Kier alpha value is -2.98. The molecule has 0 aliphatic rings. The summed E-state index contributed by atoms with van der Waals surface area (Å²) < 4.78 is 40.3. The number of carbonyl (C=O) groups is 3. The van der Waals surface area contributed by atoms with Gasteiger partial charge < -0.3 is 14.6 Å². The third kappa shape index (κ3) is 6.32. The summed E-state index contributed by atoms with van der Waals surface area (Å²) in [6, 6.07) is 5.33. The summed E-state index contributed by atoms with van der Waals surface area (Å²) in [4.78, 5) is 37.2. The molecule has 0 radical (unpaired) electrons. The van der Waals surface area contributed by atoms with Crippen molar-refractivity contribution in [1.82, 2.24) is 0 Å². The molecule has 0 amide bonds. The van der Waals surface area contributed by atoms with Crippen LogP contribution in [0.25, 0.3) is 0 Å². The van der Waals surface area contributed by atoms with Gasteiger partial charge in [0.15, 0.2) is 0 Å². The number of aromatic carboxylic acids is 1. The fourth-order valence-electron chi connectivity index (χ4n) is 3.98. The maximum absolute atomic E-state index is 13.1. The highest BCUT2D eigenvalue weighted by molar-refractivity contribution is 7.85. The average Bonchev–Trinajstić information content (AvgIpc) is 2.77. The van der Waals surface area contributed by atoms with Gasteiger partial charge >= 0.3 is 17.9 Å². The van der Waals surface area contributed by atoms with Crippen molar-refractivity contribution in [3.05, 3.63) is 57.6 Å². The van der Waals surface area contributed by atoms with Gasteiger partial charge in [-0.1, -0.05) is 35.6 Å². The van der Waals surface area contributed by atoms with Crippen LogP contribution in [0.5, 0.6) is 5.75 Å². The van der Waals surface area contributed by atoms with E-state index in [1.165, 1.54) is 24.3 Å². The number of rotatable bonds is 10. The lowest BCUT2D eigenvalue weighted by Gasteiger charge is -2.22. The number of ether oxygens (including phenoxy) is 2. The molecule has 0 bridgehead atoms. The van der Waals surface area contributed by atoms with E-state index in [4.69, 9.17) is 14.0 Å². The van der Waals surface area contributed by atoms with Crippen LogP contribution in [-0.4, -0.2) is 79.7 Å². The number of hydrogen-bond acceptors (Lipinski definition) is 7. The fourth-order valence-corrected chi connectivity index (χ4v) is 4.27. The quantitative estimate of drug-likeness (QED) is 0.160. The zero-order valence-corrected chi connectivity index (χ0v) is 20.3. The van der Waals surface area contributed by atoms with E-state index in [0.717, 1.165) is 11.1 Å². The van der Waals surface area contributed by atoms with E-state index in [2.05, 4.69) is 0 Å². The SMILES string of the molecule is BCc1c(B)c(C(=O)O)c(C(=O)Oc2ccc(C(=O)OCCS(=O)(=O)O)cc2)c(CB)c1CB. The Balaban J connectivity index is 2.34. The monoisotopic (exact) mass is 484 g/mol. The first-order valence-electron chi connectivity index (χ1n) is 10.8. The van der Waals surface area contributed by atoms with Crippen molar-refractivity contribution < 1.29 is 41.9 Å². The van der Waals surface area contributed by atoms with E-state index < -0.39 is 40.4 Å². The molecule has 14 heteroatoms. The van der Waals surface area contributed by atoms with Gasteiger partial charge in [-0.05, 0) is 29.8 Å². The summed E-state index contributed by atoms with van der Waals surface area (Å²) in [6.07, 6.45) is 1.73. The lowest BCUT2D eigenvalue weighted by atomic mass is 9.70. The number of hydrogen-bond donors (Lipinski definition) is 2. The van der Waals surface area contributed by atoms with Crippen LogP contribution in [-0.2, 0) is 33.8 Å². The molecule has 0 saturated heterocycles. The minimum atomic E-state index is -4.25. The largest absolute Gasteiger partial charge is 0.478 e. The first-order chi connectivity index (χ1) is 15.9. The molecule has 0 spiro atoms. The van der Waals surface area contributed by atoms with Crippen LogP contribution in [0.3, 0.4) is 0 Å². The maximum atomic E-state index is 13.1. The highest BCUT2D eigenvalue weighted by atomic mass is 32.2. The number of carbonyl (C=O) groups excluding carboxylic acids is 2. The van der Waals surface area contributed by atoms with Gasteiger partial charge in [-0.15, -0.1) is 0 Å². The highest BCUT2D eigenvalue weighted by Gasteiger charge is 2.28. The molecule has 0 aromatic heterocycles. The Morgan fingerprint density at radius 1 is 0.853 bits per heavy atom. The molecule has 0 unspecified atom stereocenters. The summed E-state index contributed by atoms with van der Waals surface area (Å²) in [7, 11) is 3.20. The third-order valence-electron chi connectivity index (χ3n) is 5.46. The average molecular weight is 484 g/mol. The van der Waals surface area contributed by atoms with Gasteiger partial charge in [0.05, 0.1) is 16.7 Å². The van der Waals surface area contributed by atoms with E-state index >= 15 is 0 Å². The van der Waals surface area contributed by atoms with Gasteiger partial charge in [-0.3, -0.25) is 4.55 Å². The van der Waals surface area contributed by atoms with Crippen molar-refractivity contribution >= 4 is 64.9 Å². The molecule has 2 aromatic rings. The second-order valence-electron chi connectivity index (χ2n) is 7.51. The molecule has 0 atom stereocenters. The summed E-state index contributed by atoms with van der Waals surface area (Å²) in [6.45, 7) is -0.515. The molecule has 2 N–H and O–H groups in total. The van der Waals surface area contributed by atoms with Crippen LogP contribution in [0.2, 0.25) is 0 Å². The zero-order chi connectivity index (χ0) is 25.6. The van der Waals surface area contributed by atoms with Gasteiger partial charge in [0.25, 0.3) is 10.1 Å². The number of benzene rings is 2. The predicted octanol–water partition coefficient (Wildman–Crippen LogP) is -2.69. The van der Waals surface area contributed by atoms with Crippen molar-refractivity contribution in [3.63, 3.8) is 0 Å². The number of carboxylic acids is 1. The molecular weight excluding hydrogens is 460 g/mol. The minimum absolute atomic E-state index is 0.0234. The molecule has 0 aliphatic heterocycles. The molecule has 9 nitrogen and oxygen atoms in total. The van der Waals surface area contributed by atoms with Crippen LogP contribution in [0.4, 0.5) is 0 Å². The van der Waals surface area contributed by atoms with E-state index in [-0.39, 0.29) is 22.4 Å². The Morgan fingerprint density at radius 2 is 1.41 bits per heavy atom. The molecule has 0 heterocycles. The van der Waals surface area contributed by atoms with Crippen molar-refractivity contribution in [2.75, 3.05) is 12.4 Å². The van der Waals surface area contributed by atoms with Crippen LogP contribution < -0.4 is 10.2 Å². The van der Waals surface area contributed by atoms with E-state index in [1.807, 2.05) is 23.5 Å². The Labute approximate surface area is 201 Å². The predicted molar refractivity (Wildman–Crippen MR) is 136 cm³/mol. The number of carboxylic acid groups (broad SMARTS) is 1. The fraction of sp³-hybridized carbons (Fsp3) is 0.250. The van der Waals surface area contributed by atoms with Crippen molar-refractivity contribution in [3.8, 4) is 5.75 Å². The van der Waals surface area contributed by atoms with Crippen molar-refractivity contribution in [2.45, 2.75) is 19.0 Å². The first kappa shape index (κ1) is 27.3. The normalized spacial score (nSPS) is 11.1. The van der Waals surface area contributed by atoms with Gasteiger partial charge in [-0.2, -0.15) is 8.42 Å². The third-order valence-corrected chi connectivity index (χ3v) is 6.14. The molecule has 2 rings (SSSR count). The molecule has 2 aromatic carbocycles. The molecule has 0 fully saturated rings. The first-order valence-corrected chi connectivity index (χ1v) is 12.4. The van der Waals surface area contributed by atoms with Crippen LogP contribution >= 0.6 is 0 Å². The molecule has 34 heavy (non-hydrogen) atoms. The number of esters is 2. The van der Waals surface area contributed by atoms with Crippen LogP contribution in [0.15, 0.2) is 24.3 Å². The van der Waals surface area contributed by atoms with Gasteiger partial charge in [0, 0.05) is 0 Å². The van der Waals surface area contributed by atoms with Gasteiger partial charge in [0.2, 0.25) is 0 Å². The Bertz CT molecular complexity index is 1210. The molecule has 176 valence electrons. The lowest BCUT2D eigenvalue weighted by molar-refractivity contribution is 0.0527. The van der Waals surface area contributed by atoms with Crippen LogP contribution in [0.1, 0.15) is 47.8 Å².